The number of nitrogens with zero attached hydrogens (tertiary/aromatic N) is 3. The lowest BCUT2D eigenvalue weighted by Gasteiger charge is -2.28. The summed E-state index contributed by atoms with van der Waals surface area (Å²) in [6.07, 6.45) is 17.7. The third kappa shape index (κ3) is 12.1. The first kappa shape index (κ1) is 32.0. The van der Waals surface area contributed by atoms with Crippen molar-refractivity contribution in [2.45, 2.75) is 121 Å². The van der Waals surface area contributed by atoms with Crippen molar-refractivity contribution in [3.8, 4) is 6.07 Å². The zero-order valence-corrected chi connectivity index (χ0v) is 24.4. The van der Waals surface area contributed by atoms with Gasteiger partial charge in [-0.15, -0.1) is 0 Å². The van der Waals surface area contributed by atoms with Gasteiger partial charge in [0.2, 0.25) is 0 Å². The van der Waals surface area contributed by atoms with Crippen LogP contribution in [0.15, 0.2) is 58.8 Å². The van der Waals surface area contributed by atoms with Crippen LogP contribution in [-0.2, 0) is 11.8 Å². The SMILES string of the molecule is CCCCCCCCCCCCC(C#N)(CCCC(CCc1cccc(F)c1)N=NC)c1cccc(Cl)c1. The Balaban J connectivity index is 1.91. The molecule has 2 aromatic rings. The number of azo groups is 1. The molecule has 38 heavy (non-hydrogen) atoms. The summed E-state index contributed by atoms with van der Waals surface area (Å²) >= 11 is 6.34. The number of halogens is 2. The Morgan fingerprint density at radius 2 is 1.53 bits per heavy atom. The number of benzene rings is 2. The van der Waals surface area contributed by atoms with Gasteiger partial charge in [-0.05, 0) is 73.9 Å². The highest BCUT2D eigenvalue weighted by atomic mass is 35.5. The van der Waals surface area contributed by atoms with Crippen molar-refractivity contribution in [1.82, 2.24) is 0 Å². The Labute approximate surface area is 235 Å². The van der Waals surface area contributed by atoms with Crippen molar-refractivity contribution in [3.63, 3.8) is 0 Å². The van der Waals surface area contributed by atoms with Crippen LogP contribution in [0.1, 0.15) is 114 Å². The Kier molecular flexibility index (Phi) is 15.9. The Morgan fingerprint density at radius 1 is 0.868 bits per heavy atom. The lowest BCUT2D eigenvalue weighted by Crippen LogP contribution is -2.25. The van der Waals surface area contributed by atoms with E-state index >= 15 is 0 Å². The van der Waals surface area contributed by atoms with Gasteiger partial charge in [0.25, 0.3) is 0 Å². The van der Waals surface area contributed by atoms with E-state index < -0.39 is 5.41 Å². The number of hydrogen-bond donors (Lipinski definition) is 0. The maximum atomic E-state index is 13.6. The molecule has 0 aliphatic carbocycles. The van der Waals surface area contributed by atoms with Gasteiger partial charge in [0, 0.05) is 12.1 Å². The second-order valence-electron chi connectivity index (χ2n) is 10.7. The van der Waals surface area contributed by atoms with Crippen molar-refractivity contribution < 1.29 is 4.39 Å². The lowest BCUT2D eigenvalue weighted by atomic mass is 9.73. The van der Waals surface area contributed by atoms with E-state index in [1.54, 1.807) is 19.2 Å². The normalized spacial score (nSPS) is 13.9. The van der Waals surface area contributed by atoms with E-state index in [1.807, 2.05) is 24.3 Å². The zero-order chi connectivity index (χ0) is 27.5. The summed E-state index contributed by atoms with van der Waals surface area (Å²) in [4.78, 5) is 0. The van der Waals surface area contributed by atoms with Crippen LogP contribution < -0.4 is 0 Å². The first-order valence-corrected chi connectivity index (χ1v) is 15.1. The lowest BCUT2D eigenvalue weighted by molar-refractivity contribution is 0.400. The smallest absolute Gasteiger partial charge is 0.123 e. The van der Waals surface area contributed by atoms with E-state index in [4.69, 9.17) is 11.6 Å². The fourth-order valence-electron chi connectivity index (χ4n) is 5.38. The molecule has 2 atom stereocenters. The summed E-state index contributed by atoms with van der Waals surface area (Å²) in [5, 5.41) is 19.6. The van der Waals surface area contributed by atoms with E-state index in [0.717, 1.165) is 56.1 Å². The summed E-state index contributed by atoms with van der Waals surface area (Å²) in [6.45, 7) is 2.26. The molecule has 2 aromatic carbocycles. The first-order valence-electron chi connectivity index (χ1n) is 14.7. The van der Waals surface area contributed by atoms with Crippen LogP contribution >= 0.6 is 11.6 Å². The number of rotatable bonds is 20. The zero-order valence-electron chi connectivity index (χ0n) is 23.6. The van der Waals surface area contributed by atoms with Gasteiger partial charge in [0.15, 0.2) is 0 Å². The van der Waals surface area contributed by atoms with Crippen LogP contribution in [0.25, 0.3) is 0 Å². The highest BCUT2D eigenvalue weighted by Crippen LogP contribution is 2.37. The van der Waals surface area contributed by atoms with E-state index in [9.17, 15) is 9.65 Å². The van der Waals surface area contributed by atoms with Gasteiger partial charge in [-0.3, -0.25) is 0 Å². The average molecular weight is 540 g/mol. The second kappa shape index (κ2) is 18.9. The molecule has 208 valence electrons. The van der Waals surface area contributed by atoms with Crippen LogP contribution in [0.4, 0.5) is 4.39 Å². The topological polar surface area (TPSA) is 48.5 Å². The minimum atomic E-state index is -0.540. The molecule has 0 aliphatic heterocycles. The number of aryl methyl sites for hydroxylation is 1. The number of unbranched alkanes of at least 4 members (excludes halogenated alkanes) is 9. The van der Waals surface area contributed by atoms with Crippen LogP contribution in [0.2, 0.25) is 5.02 Å². The predicted molar refractivity (Wildman–Crippen MR) is 158 cm³/mol. The van der Waals surface area contributed by atoms with Crippen molar-refractivity contribution in [2.24, 2.45) is 10.2 Å². The predicted octanol–water partition coefficient (Wildman–Crippen LogP) is 10.8. The van der Waals surface area contributed by atoms with Crippen LogP contribution in [0, 0.1) is 17.1 Å². The summed E-state index contributed by atoms with van der Waals surface area (Å²) < 4.78 is 13.6. The molecular formula is C33H47ClFN3. The molecule has 0 saturated heterocycles. The minimum absolute atomic E-state index is 0.0661. The molecular weight excluding hydrogens is 493 g/mol. The van der Waals surface area contributed by atoms with E-state index in [0.29, 0.717) is 5.02 Å². The fourth-order valence-corrected chi connectivity index (χ4v) is 5.57. The fraction of sp³-hybridized carbons (Fsp3) is 0.606. The van der Waals surface area contributed by atoms with Gasteiger partial charge in [-0.1, -0.05) is 107 Å². The standard InChI is InChI=1S/C33H47ClFN3/c1-3-4-5-6-7-8-9-10-11-12-23-33(27-36,29-17-14-18-30(34)26-29)24-15-20-32(38-37-2)22-21-28-16-13-19-31(35)25-28/h13-14,16-19,25-26,32H,3-12,15,20-24H2,1-2H3. The number of nitriles is 1. The van der Waals surface area contributed by atoms with Crippen molar-refractivity contribution in [2.75, 3.05) is 7.05 Å². The molecule has 0 saturated carbocycles. The highest BCUT2D eigenvalue weighted by Gasteiger charge is 2.32. The van der Waals surface area contributed by atoms with Crippen LogP contribution in [0.5, 0.6) is 0 Å². The summed E-state index contributed by atoms with van der Waals surface area (Å²) in [7, 11) is 1.70. The van der Waals surface area contributed by atoms with Gasteiger partial charge in [-0.2, -0.15) is 15.5 Å². The van der Waals surface area contributed by atoms with Crippen molar-refractivity contribution in [1.29, 1.82) is 5.26 Å². The van der Waals surface area contributed by atoms with Crippen molar-refractivity contribution >= 4 is 11.6 Å². The molecule has 3 nitrogen and oxygen atoms in total. The quantitative estimate of drug-likeness (QED) is 0.122. The average Bonchev–Trinajstić information content (AvgIpc) is 2.92. The van der Waals surface area contributed by atoms with Crippen LogP contribution in [0.3, 0.4) is 0 Å². The Morgan fingerprint density at radius 3 is 2.16 bits per heavy atom. The third-order valence-electron chi connectivity index (χ3n) is 7.62. The molecule has 2 unspecified atom stereocenters. The molecule has 0 aromatic heterocycles. The van der Waals surface area contributed by atoms with Gasteiger partial charge in [0.05, 0.1) is 17.5 Å². The van der Waals surface area contributed by atoms with E-state index in [2.05, 4.69) is 29.3 Å². The van der Waals surface area contributed by atoms with Gasteiger partial charge < -0.3 is 0 Å². The molecule has 0 heterocycles. The summed E-state index contributed by atoms with van der Waals surface area (Å²) in [6, 6.07) is 17.4. The molecule has 2 rings (SSSR count). The van der Waals surface area contributed by atoms with Crippen molar-refractivity contribution in [3.05, 3.63) is 70.5 Å². The molecule has 0 N–H and O–H groups in total. The molecule has 5 heteroatoms. The van der Waals surface area contributed by atoms with E-state index in [-0.39, 0.29) is 11.9 Å². The second-order valence-corrected chi connectivity index (χ2v) is 11.1. The third-order valence-corrected chi connectivity index (χ3v) is 7.86. The van der Waals surface area contributed by atoms with Gasteiger partial charge >= 0.3 is 0 Å². The largest absolute Gasteiger partial charge is 0.207 e. The maximum absolute atomic E-state index is 13.6. The summed E-state index contributed by atoms with van der Waals surface area (Å²) in [5.74, 6) is -0.205. The number of hydrogen-bond acceptors (Lipinski definition) is 3. The molecule has 0 radical (unpaired) electrons. The highest BCUT2D eigenvalue weighted by molar-refractivity contribution is 6.30. The minimum Gasteiger partial charge on any atom is -0.207 e. The van der Waals surface area contributed by atoms with Gasteiger partial charge in [0.1, 0.15) is 5.82 Å². The Hall–Kier alpha value is -2.25. The monoisotopic (exact) mass is 539 g/mol. The summed E-state index contributed by atoms with van der Waals surface area (Å²) in [5.41, 5.74) is 1.46. The molecule has 0 amide bonds. The van der Waals surface area contributed by atoms with Gasteiger partial charge in [-0.25, -0.2) is 4.39 Å². The van der Waals surface area contributed by atoms with E-state index in [1.165, 1.54) is 63.9 Å². The molecule has 0 spiro atoms. The molecule has 0 fully saturated rings. The molecule has 0 aliphatic rings. The first-order chi connectivity index (χ1) is 18.5. The maximum Gasteiger partial charge on any atom is 0.123 e. The Bertz CT molecular complexity index is 986. The van der Waals surface area contributed by atoms with Crippen LogP contribution in [-0.4, -0.2) is 13.1 Å². The molecule has 0 bridgehead atoms.